The molecule has 1 aliphatic heterocycles. The molecule has 1 rings (SSSR count). The second-order valence-corrected chi connectivity index (χ2v) is 4.86. The maximum atomic E-state index is 11.7. The van der Waals surface area contributed by atoms with Crippen LogP contribution in [-0.2, 0) is 9.53 Å². The molecule has 4 heteroatoms. The second-order valence-electron chi connectivity index (χ2n) is 4.86. The van der Waals surface area contributed by atoms with Crippen LogP contribution in [0, 0.1) is 0 Å². The van der Waals surface area contributed by atoms with Crippen LogP contribution in [0.1, 0.15) is 51.9 Å². The van der Waals surface area contributed by atoms with Crippen molar-refractivity contribution >= 4 is 5.91 Å². The third-order valence-corrected chi connectivity index (χ3v) is 3.27. The van der Waals surface area contributed by atoms with Crippen molar-refractivity contribution in [2.45, 2.75) is 64.0 Å². The van der Waals surface area contributed by atoms with E-state index in [0.29, 0.717) is 6.42 Å². The predicted octanol–water partition coefficient (Wildman–Crippen LogP) is 1.58. The highest BCUT2D eigenvalue weighted by Gasteiger charge is 2.23. The van der Waals surface area contributed by atoms with Gasteiger partial charge in [-0.2, -0.15) is 0 Å². The number of nitrogens with one attached hydrogen (secondary N) is 1. The van der Waals surface area contributed by atoms with E-state index in [1.807, 2.05) is 6.92 Å². The van der Waals surface area contributed by atoms with Gasteiger partial charge in [0.1, 0.15) is 0 Å². The standard InChI is InChI=1S/C13H26N2O2/c1-11(12-7-6-10-17-12)15-13(16)8-4-2-3-5-9-14/h11-12H,2-10,14H2,1H3,(H,15,16). The van der Waals surface area contributed by atoms with Gasteiger partial charge in [-0.05, 0) is 39.2 Å². The molecule has 100 valence electrons. The van der Waals surface area contributed by atoms with Gasteiger partial charge in [0.25, 0.3) is 0 Å². The number of rotatable bonds is 8. The van der Waals surface area contributed by atoms with Crippen LogP contribution in [0.15, 0.2) is 0 Å². The van der Waals surface area contributed by atoms with Gasteiger partial charge in [-0.25, -0.2) is 0 Å². The fourth-order valence-corrected chi connectivity index (χ4v) is 2.20. The van der Waals surface area contributed by atoms with Crippen molar-refractivity contribution in [3.05, 3.63) is 0 Å². The quantitative estimate of drug-likeness (QED) is 0.635. The Kier molecular flexibility index (Phi) is 7.21. The van der Waals surface area contributed by atoms with Crippen molar-refractivity contribution in [3.63, 3.8) is 0 Å². The molecular formula is C13H26N2O2. The zero-order valence-electron chi connectivity index (χ0n) is 10.9. The number of carbonyl (C=O) groups is 1. The molecule has 4 nitrogen and oxygen atoms in total. The van der Waals surface area contributed by atoms with Gasteiger partial charge in [-0.3, -0.25) is 4.79 Å². The summed E-state index contributed by atoms with van der Waals surface area (Å²) in [7, 11) is 0. The zero-order valence-corrected chi connectivity index (χ0v) is 10.9. The lowest BCUT2D eigenvalue weighted by molar-refractivity contribution is -0.122. The highest BCUT2D eigenvalue weighted by atomic mass is 16.5. The number of hydrogen-bond acceptors (Lipinski definition) is 3. The van der Waals surface area contributed by atoms with E-state index in [2.05, 4.69) is 5.32 Å². The van der Waals surface area contributed by atoms with Gasteiger partial charge in [-0.15, -0.1) is 0 Å². The average molecular weight is 242 g/mol. The number of carbonyl (C=O) groups excluding carboxylic acids is 1. The Bertz CT molecular complexity index is 215. The number of ether oxygens (including phenoxy) is 1. The molecule has 1 amide bonds. The summed E-state index contributed by atoms with van der Waals surface area (Å²) in [6.45, 7) is 3.62. The summed E-state index contributed by atoms with van der Waals surface area (Å²) in [5.41, 5.74) is 5.41. The number of unbranched alkanes of at least 4 members (excludes halogenated alkanes) is 3. The van der Waals surface area contributed by atoms with Crippen molar-refractivity contribution in [2.75, 3.05) is 13.2 Å². The molecule has 3 N–H and O–H groups in total. The third kappa shape index (κ3) is 6.03. The molecule has 0 saturated carbocycles. The van der Waals surface area contributed by atoms with Crippen LogP contribution in [0.4, 0.5) is 0 Å². The van der Waals surface area contributed by atoms with E-state index in [1.54, 1.807) is 0 Å². The molecule has 0 aromatic heterocycles. The maximum absolute atomic E-state index is 11.7. The third-order valence-electron chi connectivity index (χ3n) is 3.27. The average Bonchev–Trinajstić information content (AvgIpc) is 2.82. The number of nitrogens with two attached hydrogens (primary N) is 1. The molecule has 1 aliphatic rings. The van der Waals surface area contributed by atoms with Crippen LogP contribution in [-0.4, -0.2) is 31.2 Å². The molecule has 0 bridgehead atoms. The molecule has 0 aliphatic carbocycles. The molecular weight excluding hydrogens is 216 g/mol. The molecule has 1 saturated heterocycles. The monoisotopic (exact) mass is 242 g/mol. The summed E-state index contributed by atoms with van der Waals surface area (Å²) in [4.78, 5) is 11.7. The Labute approximate surface area is 104 Å². The molecule has 2 atom stereocenters. The summed E-state index contributed by atoms with van der Waals surface area (Å²) >= 11 is 0. The van der Waals surface area contributed by atoms with E-state index in [9.17, 15) is 4.79 Å². The number of hydrogen-bond donors (Lipinski definition) is 2. The maximum Gasteiger partial charge on any atom is 0.220 e. The number of amides is 1. The first-order valence-corrected chi connectivity index (χ1v) is 6.85. The normalized spacial score (nSPS) is 21.4. The summed E-state index contributed by atoms with van der Waals surface area (Å²) < 4.78 is 5.54. The molecule has 1 heterocycles. The lowest BCUT2D eigenvalue weighted by Gasteiger charge is -2.19. The first kappa shape index (κ1) is 14.5. The summed E-state index contributed by atoms with van der Waals surface area (Å²) in [6, 6.07) is 0.147. The van der Waals surface area contributed by atoms with E-state index in [1.165, 1.54) is 0 Å². The Morgan fingerprint density at radius 3 is 2.82 bits per heavy atom. The van der Waals surface area contributed by atoms with Crippen LogP contribution in [0.25, 0.3) is 0 Å². The van der Waals surface area contributed by atoms with Crippen LogP contribution in [0.5, 0.6) is 0 Å². The van der Waals surface area contributed by atoms with Crippen molar-refractivity contribution in [2.24, 2.45) is 5.73 Å². The van der Waals surface area contributed by atoms with Gasteiger partial charge >= 0.3 is 0 Å². The fraction of sp³-hybridized carbons (Fsp3) is 0.923. The van der Waals surface area contributed by atoms with Gasteiger partial charge in [0.15, 0.2) is 0 Å². The Morgan fingerprint density at radius 2 is 2.18 bits per heavy atom. The van der Waals surface area contributed by atoms with E-state index in [4.69, 9.17) is 10.5 Å². The minimum absolute atomic E-state index is 0.147. The molecule has 17 heavy (non-hydrogen) atoms. The van der Waals surface area contributed by atoms with Crippen molar-refractivity contribution in [1.29, 1.82) is 0 Å². The minimum atomic E-state index is 0.147. The lowest BCUT2D eigenvalue weighted by Crippen LogP contribution is -2.40. The van der Waals surface area contributed by atoms with Crippen molar-refractivity contribution in [3.8, 4) is 0 Å². The van der Waals surface area contributed by atoms with Crippen LogP contribution >= 0.6 is 0 Å². The highest BCUT2D eigenvalue weighted by Crippen LogP contribution is 2.15. The molecule has 0 aromatic carbocycles. The van der Waals surface area contributed by atoms with Gasteiger partial charge in [0, 0.05) is 13.0 Å². The first-order valence-electron chi connectivity index (χ1n) is 6.85. The second kappa shape index (κ2) is 8.48. The van der Waals surface area contributed by atoms with Crippen LogP contribution in [0.2, 0.25) is 0 Å². The van der Waals surface area contributed by atoms with Crippen molar-refractivity contribution < 1.29 is 9.53 Å². The van der Waals surface area contributed by atoms with Gasteiger partial charge in [0.05, 0.1) is 12.1 Å². The summed E-state index contributed by atoms with van der Waals surface area (Å²) in [5.74, 6) is 0.153. The van der Waals surface area contributed by atoms with Crippen LogP contribution in [0.3, 0.4) is 0 Å². The molecule has 0 radical (unpaired) electrons. The SMILES string of the molecule is CC(NC(=O)CCCCCCN)C1CCCO1. The summed E-state index contributed by atoms with van der Waals surface area (Å²) in [5, 5.41) is 3.02. The van der Waals surface area contributed by atoms with E-state index in [0.717, 1.165) is 51.7 Å². The Hall–Kier alpha value is -0.610. The van der Waals surface area contributed by atoms with Gasteiger partial charge in [-0.1, -0.05) is 12.8 Å². The Balaban J connectivity index is 2.03. The lowest BCUT2D eigenvalue weighted by atomic mass is 10.1. The molecule has 1 fully saturated rings. The predicted molar refractivity (Wildman–Crippen MR) is 68.7 cm³/mol. The van der Waals surface area contributed by atoms with Crippen molar-refractivity contribution in [1.82, 2.24) is 5.32 Å². The zero-order chi connectivity index (χ0) is 12.5. The van der Waals surface area contributed by atoms with Crippen LogP contribution < -0.4 is 11.1 Å². The highest BCUT2D eigenvalue weighted by molar-refractivity contribution is 5.76. The fourth-order valence-electron chi connectivity index (χ4n) is 2.20. The van der Waals surface area contributed by atoms with Gasteiger partial charge in [0.2, 0.25) is 5.91 Å². The van der Waals surface area contributed by atoms with Gasteiger partial charge < -0.3 is 15.8 Å². The summed E-state index contributed by atoms with van der Waals surface area (Å²) in [6.07, 6.45) is 7.28. The topological polar surface area (TPSA) is 64.4 Å². The largest absolute Gasteiger partial charge is 0.376 e. The smallest absolute Gasteiger partial charge is 0.220 e. The van der Waals surface area contributed by atoms with E-state index < -0.39 is 0 Å². The minimum Gasteiger partial charge on any atom is -0.376 e. The molecule has 0 spiro atoms. The first-order chi connectivity index (χ1) is 8.24. The van der Waals surface area contributed by atoms with E-state index in [-0.39, 0.29) is 18.1 Å². The Morgan fingerprint density at radius 1 is 1.41 bits per heavy atom. The molecule has 2 unspecified atom stereocenters. The molecule has 0 aromatic rings. The van der Waals surface area contributed by atoms with E-state index >= 15 is 0 Å².